The molecule has 0 atom stereocenters. The second-order valence-corrected chi connectivity index (χ2v) is 7.26. The predicted octanol–water partition coefficient (Wildman–Crippen LogP) is 7.34. The molecule has 0 unspecified atom stereocenters. The molecule has 0 heterocycles. The minimum absolute atomic E-state index is 0.309. The molecule has 0 bridgehead atoms. The van der Waals surface area contributed by atoms with E-state index in [9.17, 15) is 5.11 Å². The van der Waals surface area contributed by atoms with E-state index in [0.717, 1.165) is 38.4 Å². The highest BCUT2D eigenvalue weighted by atomic mass is 16.3. The Balaban J connectivity index is 1.95. The third kappa shape index (κ3) is 2.64. The van der Waals surface area contributed by atoms with E-state index in [0.29, 0.717) is 5.75 Å². The van der Waals surface area contributed by atoms with Crippen LogP contribution in [0.15, 0.2) is 97.1 Å². The Hall–Kier alpha value is -3.58. The number of benzene rings is 5. The molecule has 1 nitrogen and oxygen atoms in total. The van der Waals surface area contributed by atoms with Crippen LogP contribution in [0.3, 0.4) is 0 Å². The van der Waals surface area contributed by atoms with Gasteiger partial charge in [-0.2, -0.15) is 0 Å². The first kappa shape index (κ1) is 16.6. The van der Waals surface area contributed by atoms with E-state index in [1.54, 1.807) is 6.07 Å². The normalized spacial score (nSPS) is 11.2. The smallest absolute Gasteiger partial charge is 0.124 e. The third-order valence-electron chi connectivity index (χ3n) is 5.45. The number of aromatic hydroxyl groups is 1. The SMILES string of the molecule is Cc1ccc(-c2ccc3ccccc3c2-c2c(O)ccc3ccccc23)cc1. The first-order valence-electron chi connectivity index (χ1n) is 9.52. The quantitative estimate of drug-likeness (QED) is 0.349. The minimum atomic E-state index is 0.309. The summed E-state index contributed by atoms with van der Waals surface area (Å²) in [7, 11) is 0. The van der Waals surface area contributed by atoms with E-state index in [1.807, 2.05) is 18.2 Å². The summed E-state index contributed by atoms with van der Waals surface area (Å²) in [5, 5.41) is 15.4. The van der Waals surface area contributed by atoms with Crippen LogP contribution in [0.2, 0.25) is 0 Å². The van der Waals surface area contributed by atoms with E-state index in [2.05, 4.69) is 79.7 Å². The largest absolute Gasteiger partial charge is 0.507 e. The molecule has 0 saturated carbocycles. The van der Waals surface area contributed by atoms with Gasteiger partial charge in [0.25, 0.3) is 0 Å². The highest BCUT2D eigenvalue weighted by Gasteiger charge is 2.17. The molecule has 0 aliphatic heterocycles. The number of aryl methyl sites for hydroxylation is 1. The van der Waals surface area contributed by atoms with Crippen LogP contribution in [0.1, 0.15) is 5.56 Å². The van der Waals surface area contributed by atoms with Crippen molar-refractivity contribution < 1.29 is 5.11 Å². The van der Waals surface area contributed by atoms with Gasteiger partial charge in [-0.3, -0.25) is 0 Å². The molecule has 134 valence electrons. The van der Waals surface area contributed by atoms with Crippen molar-refractivity contribution in [3.05, 3.63) is 103 Å². The zero-order chi connectivity index (χ0) is 19.1. The lowest BCUT2D eigenvalue weighted by atomic mass is 9.87. The van der Waals surface area contributed by atoms with E-state index >= 15 is 0 Å². The zero-order valence-corrected chi connectivity index (χ0v) is 15.7. The lowest BCUT2D eigenvalue weighted by molar-refractivity contribution is 0.478. The first-order valence-corrected chi connectivity index (χ1v) is 9.52. The number of hydrogen-bond donors (Lipinski definition) is 1. The molecule has 0 fully saturated rings. The van der Waals surface area contributed by atoms with Crippen LogP contribution in [-0.4, -0.2) is 5.11 Å². The molecule has 0 saturated heterocycles. The van der Waals surface area contributed by atoms with E-state index < -0.39 is 0 Å². The van der Waals surface area contributed by atoms with Crippen molar-refractivity contribution in [2.75, 3.05) is 0 Å². The van der Waals surface area contributed by atoms with Crippen LogP contribution in [0, 0.1) is 6.92 Å². The highest BCUT2D eigenvalue weighted by Crippen LogP contribution is 2.45. The molecule has 5 aromatic rings. The molecular weight excluding hydrogens is 340 g/mol. The van der Waals surface area contributed by atoms with Crippen LogP contribution in [0.4, 0.5) is 0 Å². The summed E-state index contributed by atoms with van der Waals surface area (Å²) in [6, 6.07) is 33.3. The van der Waals surface area contributed by atoms with Gasteiger partial charge in [0.2, 0.25) is 0 Å². The number of hydrogen-bond acceptors (Lipinski definition) is 1. The maximum atomic E-state index is 10.9. The van der Waals surface area contributed by atoms with E-state index in [-0.39, 0.29) is 0 Å². The second-order valence-electron chi connectivity index (χ2n) is 7.26. The fourth-order valence-electron chi connectivity index (χ4n) is 4.04. The Kier molecular flexibility index (Phi) is 3.87. The Bertz CT molecular complexity index is 1310. The Morgan fingerprint density at radius 3 is 1.79 bits per heavy atom. The Morgan fingerprint density at radius 2 is 1.11 bits per heavy atom. The van der Waals surface area contributed by atoms with E-state index in [1.165, 1.54) is 10.9 Å². The summed E-state index contributed by atoms with van der Waals surface area (Å²) >= 11 is 0. The third-order valence-corrected chi connectivity index (χ3v) is 5.45. The van der Waals surface area contributed by atoms with Crippen LogP contribution >= 0.6 is 0 Å². The standard InChI is InChI=1S/C27H20O/c1-18-10-12-21(13-11-18)24-16-14-19-6-2-4-8-22(19)26(24)27-23-9-5-3-7-20(23)15-17-25(27)28/h2-17,28H,1H3. The van der Waals surface area contributed by atoms with Crippen molar-refractivity contribution >= 4 is 21.5 Å². The molecule has 0 amide bonds. The van der Waals surface area contributed by atoms with E-state index in [4.69, 9.17) is 0 Å². The van der Waals surface area contributed by atoms with Gasteiger partial charge in [-0.25, -0.2) is 0 Å². The lowest BCUT2D eigenvalue weighted by Gasteiger charge is -2.17. The molecule has 1 heteroatoms. The second kappa shape index (κ2) is 6.54. The van der Waals surface area contributed by atoms with Gasteiger partial charge in [0.1, 0.15) is 5.75 Å². The summed E-state index contributed by atoms with van der Waals surface area (Å²) in [5.41, 5.74) is 5.49. The summed E-state index contributed by atoms with van der Waals surface area (Å²) < 4.78 is 0. The first-order chi connectivity index (χ1) is 13.7. The molecule has 0 aliphatic rings. The Morgan fingerprint density at radius 1 is 0.536 bits per heavy atom. The summed E-state index contributed by atoms with van der Waals surface area (Å²) in [4.78, 5) is 0. The maximum Gasteiger partial charge on any atom is 0.124 e. The molecule has 0 spiro atoms. The average molecular weight is 360 g/mol. The molecule has 0 aromatic heterocycles. The van der Waals surface area contributed by atoms with Crippen molar-refractivity contribution in [3.8, 4) is 28.0 Å². The van der Waals surface area contributed by atoms with Gasteiger partial charge in [-0.1, -0.05) is 96.6 Å². The molecule has 28 heavy (non-hydrogen) atoms. The van der Waals surface area contributed by atoms with Crippen molar-refractivity contribution in [1.82, 2.24) is 0 Å². The van der Waals surface area contributed by atoms with Crippen molar-refractivity contribution in [3.63, 3.8) is 0 Å². The van der Waals surface area contributed by atoms with Gasteiger partial charge >= 0.3 is 0 Å². The zero-order valence-electron chi connectivity index (χ0n) is 15.7. The summed E-state index contributed by atoms with van der Waals surface area (Å²) in [6.45, 7) is 2.10. The van der Waals surface area contributed by atoms with Crippen molar-refractivity contribution in [2.24, 2.45) is 0 Å². The number of rotatable bonds is 2. The van der Waals surface area contributed by atoms with Crippen molar-refractivity contribution in [2.45, 2.75) is 6.92 Å². The topological polar surface area (TPSA) is 20.2 Å². The molecule has 5 rings (SSSR count). The lowest BCUT2D eigenvalue weighted by Crippen LogP contribution is -1.90. The summed E-state index contributed by atoms with van der Waals surface area (Å²) in [6.07, 6.45) is 0. The van der Waals surface area contributed by atoms with Gasteiger partial charge in [0.05, 0.1) is 0 Å². The molecule has 0 aliphatic carbocycles. The average Bonchev–Trinajstić information content (AvgIpc) is 2.74. The van der Waals surface area contributed by atoms with Gasteiger partial charge in [0, 0.05) is 11.1 Å². The fourth-order valence-corrected chi connectivity index (χ4v) is 4.04. The number of phenols is 1. The number of phenolic OH excluding ortho intramolecular Hbond substituents is 1. The highest BCUT2D eigenvalue weighted by molar-refractivity contribution is 6.12. The fraction of sp³-hybridized carbons (Fsp3) is 0.0370. The molecule has 5 aromatic carbocycles. The number of fused-ring (bicyclic) bond motifs is 2. The predicted molar refractivity (Wildman–Crippen MR) is 119 cm³/mol. The van der Waals surface area contributed by atoms with Gasteiger partial charge in [-0.15, -0.1) is 0 Å². The Labute approximate surface area is 164 Å². The van der Waals surface area contributed by atoms with Gasteiger partial charge < -0.3 is 5.11 Å². The minimum Gasteiger partial charge on any atom is -0.507 e. The monoisotopic (exact) mass is 360 g/mol. The molecule has 0 radical (unpaired) electrons. The van der Waals surface area contributed by atoms with Crippen LogP contribution in [0.5, 0.6) is 5.75 Å². The summed E-state index contributed by atoms with van der Waals surface area (Å²) in [5.74, 6) is 0.309. The van der Waals surface area contributed by atoms with Crippen LogP contribution < -0.4 is 0 Å². The van der Waals surface area contributed by atoms with Gasteiger partial charge in [0.15, 0.2) is 0 Å². The van der Waals surface area contributed by atoms with Crippen LogP contribution in [-0.2, 0) is 0 Å². The van der Waals surface area contributed by atoms with Gasteiger partial charge in [-0.05, 0) is 45.7 Å². The van der Waals surface area contributed by atoms with Crippen molar-refractivity contribution in [1.29, 1.82) is 0 Å². The molecule has 1 N–H and O–H groups in total. The van der Waals surface area contributed by atoms with Crippen LogP contribution in [0.25, 0.3) is 43.8 Å². The molecular formula is C27H20O. The maximum absolute atomic E-state index is 10.9.